The minimum absolute atomic E-state index is 0.209. The summed E-state index contributed by atoms with van der Waals surface area (Å²) in [4.78, 5) is 13.5. The Labute approximate surface area is 108 Å². The third-order valence-corrected chi connectivity index (χ3v) is 2.67. The van der Waals surface area contributed by atoms with E-state index in [9.17, 15) is 4.79 Å². The van der Waals surface area contributed by atoms with Gasteiger partial charge in [0, 0.05) is 13.6 Å². The first kappa shape index (κ1) is 14.0. The van der Waals surface area contributed by atoms with Crippen LogP contribution in [0.25, 0.3) is 0 Å². The molecule has 1 atom stereocenters. The molecule has 0 bridgehead atoms. The molecule has 4 nitrogen and oxygen atoms in total. The highest BCUT2D eigenvalue weighted by molar-refractivity contribution is 5.73. The van der Waals surface area contributed by atoms with Crippen molar-refractivity contribution in [2.45, 2.75) is 13.8 Å². The van der Waals surface area contributed by atoms with E-state index in [0.717, 1.165) is 5.69 Å². The largest absolute Gasteiger partial charge is 0.466 e. The maximum atomic E-state index is 11.6. The van der Waals surface area contributed by atoms with E-state index in [4.69, 9.17) is 10.00 Å². The summed E-state index contributed by atoms with van der Waals surface area (Å²) in [7, 11) is 1.87. The van der Waals surface area contributed by atoms with Crippen molar-refractivity contribution in [1.82, 2.24) is 0 Å². The van der Waals surface area contributed by atoms with Gasteiger partial charge in [-0.25, -0.2) is 0 Å². The first-order valence-corrected chi connectivity index (χ1v) is 5.97. The number of carbonyl (C=O) groups is 1. The van der Waals surface area contributed by atoms with Gasteiger partial charge in [-0.1, -0.05) is 19.1 Å². The molecule has 0 aliphatic rings. The lowest BCUT2D eigenvalue weighted by Crippen LogP contribution is -2.30. The Morgan fingerprint density at radius 3 is 2.78 bits per heavy atom. The zero-order valence-corrected chi connectivity index (χ0v) is 11.0. The quantitative estimate of drug-likeness (QED) is 0.747. The van der Waals surface area contributed by atoms with Crippen LogP contribution in [-0.2, 0) is 9.53 Å². The van der Waals surface area contributed by atoms with Gasteiger partial charge in [-0.3, -0.25) is 4.79 Å². The molecule has 0 saturated carbocycles. The number of esters is 1. The summed E-state index contributed by atoms with van der Waals surface area (Å²) in [6.07, 6.45) is 0. The van der Waals surface area contributed by atoms with Crippen molar-refractivity contribution in [3.05, 3.63) is 29.8 Å². The minimum atomic E-state index is -0.221. The van der Waals surface area contributed by atoms with E-state index in [1.54, 1.807) is 13.0 Å². The van der Waals surface area contributed by atoms with Crippen molar-refractivity contribution in [3.63, 3.8) is 0 Å². The van der Waals surface area contributed by atoms with Gasteiger partial charge in [0.25, 0.3) is 0 Å². The number of ether oxygens (including phenoxy) is 1. The monoisotopic (exact) mass is 246 g/mol. The number of anilines is 1. The highest BCUT2D eigenvalue weighted by atomic mass is 16.5. The predicted molar refractivity (Wildman–Crippen MR) is 70.2 cm³/mol. The van der Waals surface area contributed by atoms with E-state index in [-0.39, 0.29) is 11.9 Å². The van der Waals surface area contributed by atoms with Crippen LogP contribution in [0.1, 0.15) is 19.4 Å². The molecule has 0 radical (unpaired) electrons. The van der Waals surface area contributed by atoms with E-state index in [1.165, 1.54) is 0 Å². The average Bonchev–Trinajstić information content (AvgIpc) is 2.38. The second-order valence-corrected chi connectivity index (χ2v) is 4.16. The van der Waals surface area contributed by atoms with E-state index in [2.05, 4.69) is 6.07 Å². The number of nitriles is 1. The fourth-order valence-corrected chi connectivity index (χ4v) is 1.77. The van der Waals surface area contributed by atoms with Crippen LogP contribution in [-0.4, -0.2) is 26.2 Å². The highest BCUT2D eigenvalue weighted by Gasteiger charge is 2.17. The second-order valence-electron chi connectivity index (χ2n) is 4.16. The van der Waals surface area contributed by atoms with Gasteiger partial charge >= 0.3 is 5.97 Å². The maximum absolute atomic E-state index is 11.6. The lowest BCUT2D eigenvalue weighted by molar-refractivity contribution is -0.147. The molecule has 0 heterocycles. The minimum Gasteiger partial charge on any atom is -0.466 e. The Morgan fingerprint density at radius 2 is 2.17 bits per heavy atom. The molecule has 0 amide bonds. The molecular formula is C14H18N2O2. The summed E-state index contributed by atoms with van der Waals surface area (Å²) in [5.74, 6) is -0.430. The molecule has 0 aliphatic heterocycles. The molecule has 1 aromatic carbocycles. The number of nitrogens with zero attached hydrogens (tertiary/aromatic N) is 2. The summed E-state index contributed by atoms with van der Waals surface area (Å²) >= 11 is 0. The number of benzene rings is 1. The first-order chi connectivity index (χ1) is 8.60. The Kier molecular flexibility index (Phi) is 5.19. The van der Waals surface area contributed by atoms with Crippen LogP contribution in [0.5, 0.6) is 0 Å². The molecule has 0 spiro atoms. The SMILES string of the molecule is CCOC(=O)C(C)CN(C)c1ccccc1C#N. The summed E-state index contributed by atoms with van der Waals surface area (Å²) < 4.78 is 4.97. The lowest BCUT2D eigenvalue weighted by atomic mass is 10.1. The molecule has 1 rings (SSSR count). The summed E-state index contributed by atoms with van der Waals surface area (Å²) in [5, 5.41) is 9.03. The Morgan fingerprint density at radius 1 is 1.50 bits per heavy atom. The first-order valence-electron chi connectivity index (χ1n) is 5.97. The Hall–Kier alpha value is -2.02. The normalized spacial score (nSPS) is 11.4. The van der Waals surface area contributed by atoms with E-state index >= 15 is 0 Å². The number of hydrogen-bond donors (Lipinski definition) is 0. The van der Waals surface area contributed by atoms with Crippen LogP contribution in [0.3, 0.4) is 0 Å². The molecule has 0 saturated heterocycles. The second kappa shape index (κ2) is 6.65. The van der Waals surface area contributed by atoms with Crippen molar-refractivity contribution in [2.24, 2.45) is 5.92 Å². The van der Waals surface area contributed by atoms with Gasteiger partial charge in [-0.05, 0) is 19.1 Å². The number of carbonyl (C=O) groups excluding carboxylic acids is 1. The zero-order chi connectivity index (χ0) is 13.5. The van der Waals surface area contributed by atoms with Crippen LogP contribution in [0.4, 0.5) is 5.69 Å². The molecule has 0 N–H and O–H groups in total. The third-order valence-electron chi connectivity index (χ3n) is 2.67. The van der Waals surface area contributed by atoms with Crippen LogP contribution < -0.4 is 4.90 Å². The fraction of sp³-hybridized carbons (Fsp3) is 0.429. The Balaban J connectivity index is 2.74. The molecule has 0 fully saturated rings. The van der Waals surface area contributed by atoms with Crippen LogP contribution in [0.2, 0.25) is 0 Å². The van der Waals surface area contributed by atoms with E-state index in [0.29, 0.717) is 18.7 Å². The molecule has 0 aromatic heterocycles. The lowest BCUT2D eigenvalue weighted by Gasteiger charge is -2.23. The number of rotatable bonds is 5. The van der Waals surface area contributed by atoms with Gasteiger partial charge in [-0.15, -0.1) is 0 Å². The van der Waals surface area contributed by atoms with E-state index in [1.807, 2.05) is 37.1 Å². The Bertz CT molecular complexity index is 451. The van der Waals surface area contributed by atoms with Gasteiger partial charge in [0.05, 0.1) is 23.8 Å². The van der Waals surface area contributed by atoms with E-state index < -0.39 is 0 Å². The highest BCUT2D eigenvalue weighted by Crippen LogP contribution is 2.19. The topological polar surface area (TPSA) is 53.3 Å². The molecular weight excluding hydrogens is 228 g/mol. The van der Waals surface area contributed by atoms with Gasteiger partial charge < -0.3 is 9.64 Å². The van der Waals surface area contributed by atoms with Gasteiger partial charge in [0.15, 0.2) is 0 Å². The van der Waals surface area contributed by atoms with Gasteiger partial charge in [-0.2, -0.15) is 5.26 Å². The van der Waals surface area contributed by atoms with Crippen LogP contribution >= 0.6 is 0 Å². The predicted octanol–water partition coefficient (Wildman–Crippen LogP) is 2.19. The van der Waals surface area contributed by atoms with Gasteiger partial charge in [0.2, 0.25) is 0 Å². The van der Waals surface area contributed by atoms with Crippen molar-refractivity contribution >= 4 is 11.7 Å². The molecule has 1 aromatic rings. The van der Waals surface area contributed by atoms with Crippen LogP contribution in [0.15, 0.2) is 24.3 Å². The molecule has 18 heavy (non-hydrogen) atoms. The van der Waals surface area contributed by atoms with Crippen molar-refractivity contribution in [3.8, 4) is 6.07 Å². The molecule has 96 valence electrons. The third kappa shape index (κ3) is 3.49. The van der Waals surface area contributed by atoms with Gasteiger partial charge in [0.1, 0.15) is 6.07 Å². The summed E-state index contributed by atoms with van der Waals surface area (Å²) in [5.41, 5.74) is 1.44. The maximum Gasteiger partial charge on any atom is 0.310 e. The number of para-hydroxylation sites is 1. The summed E-state index contributed by atoms with van der Waals surface area (Å²) in [6, 6.07) is 9.48. The molecule has 1 unspecified atom stereocenters. The van der Waals surface area contributed by atoms with Crippen molar-refractivity contribution in [2.75, 3.05) is 25.1 Å². The van der Waals surface area contributed by atoms with Crippen molar-refractivity contribution in [1.29, 1.82) is 5.26 Å². The average molecular weight is 246 g/mol. The smallest absolute Gasteiger partial charge is 0.310 e. The molecule has 4 heteroatoms. The summed E-state index contributed by atoms with van der Waals surface area (Å²) in [6.45, 7) is 4.53. The van der Waals surface area contributed by atoms with Crippen LogP contribution in [0, 0.1) is 17.2 Å². The fourth-order valence-electron chi connectivity index (χ4n) is 1.77. The zero-order valence-electron chi connectivity index (χ0n) is 11.0. The molecule has 0 aliphatic carbocycles. The number of hydrogen-bond acceptors (Lipinski definition) is 4. The van der Waals surface area contributed by atoms with Crippen molar-refractivity contribution < 1.29 is 9.53 Å². The standard InChI is InChI=1S/C14H18N2O2/c1-4-18-14(17)11(2)10-16(3)13-8-6-5-7-12(13)9-15/h5-8,11H,4,10H2,1-3H3.